The maximum Gasteiger partial charge on any atom is 0.251 e. The minimum Gasteiger partial charge on any atom is -0.359 e. The smallest absolute Gasteiger partial charge is 0.251 e. The van der Waals surface area contributed by atoms with E-state index in [4.69, 9.17) is 4.52 Å². The summed E-state index contributed by atoms with van der Waals surface area (Å²) in [4.78, 5) is 12.1. The molecule has 1 amide bonds. The molecule has 4 heteroatoms. The number of nitrogens with one attached hydrogen (secondary N) is 1. The maximum atomic E-state index is 12.1. The highest BCUT2D eigenvalue weighted by Crippen LogP contribution is 2.09. The zero-order chi connectivity index (χ0) is 16.8. The predicted octanol–water partition coefficient (Wildman–Crippen LogP) is 4.08. The molecule has 1 aromatic heterocycles. The summed E-state index contributed by atoms with van der Waals surface area (Å²) < 4.78 is 5.24. The molecule has 1 N–H and O–H groups in total. The minimum atomic E-state index is -0.132. The largest absolute Gasteiger partial charge is 0.359 e. The van der Waals surface area contributed by atoms with Gasteiger partial charge in [-0.25, -0.2) is 0 Å². The first-order chi connectivity index (χ1) is 11.7. The van der Waals surface area contributed by atoms with E-state index in [1.807, 2.05) is 67.6 Å². The molecule has 1 heterocycles. The number of aromatic nitrogens is 1. The molecule has 0 atom stereocenters. The average molecular weight is 318 g/mol. The Morgan fingerprint density at radius 3 is 2.58 bits per heavy atom. The normalized spacial score (nSPS) is 10.9. The van der Waals surface area contributed by atoms with Crippen molar-refractivity contribution in [2.75, 3.05) is 0 Å². The standard InChI is InChI=1S/C20H18N2O2/c1-15-7-10-17(11-8-15)20(23)21-14-19-13-18(22-24-19)12-9-16-5-3-2-4-6-16/h2-13H,14H2,1H3,(H,21,23)/b12-9+. The number of carbonyl (C=O) groups excluding carboxylic acids is 1. The number of rotatable bonds is 5. The second kappa shape index (κ2) is 7.42. The summed E-state index contributed by atoms with van der Waals surface area (Å²) in [5.41, 5.74) is 3.56. The van der Waals surface area contributed by atoms with Gasteiger partial charge in [-0.2, -0.15) is 0 Å². The topological polar surface area (TPSA) is 55.1 Å². The van der Waals surface area contributed by atoms with Crippen molar-refractivity contribution >= 4 is 18.1 Å². The minimum absolute atomic E-state index is 0.132. The fourth-order valence-corrected chi connectivity index (χ4v) is 2.21. The first-order valence-corrected chi connectivity index (χ1v) is 7.74. The molecule has 3 aromatic rings. The average Bonchev–Trinajstić information content (AvgIpc) is 3.07. The zero-order valence-corrected chi connectivity index (χ0v) is 13.4. The van der Waals surface area contributed by atoms with E-state index in [9.17, 15) is 4.79 Å². The molecular formula is C20H18N2O2. The second-order valence-electron chi connectivity index (χ2n) is 5.51. The van der Waals surface area contributed by atoms with Crippen LogP contribution < -0.4 is 5.32 Å². The fraction of sp³-hybridized carbons (Fsp3) is 0.100. The maximum absolute atomic E-state index is 12.1. The third-order valence-electron chi connectivity index (χ3n) is 3.56. The van der Waals surface area contributed by atoms with Crippen LogP contribution in [0.5, 0.6) is 0 Å². The van der Waals surface area contributed by atoms with Crippen LogP contribution in [0.3, 0.4) is 0 Å². The van der Waals surface area contributed by atoms with Gasteiger partial charge in [-0.3, -0.25) is 4.79 Å². The number of aryl methyl sites for hydroxylation is 1. The van der Waals surface area contributed by atoms with Gasteiger partial charge >= 0.3 is 0 Å². The predicted molar refractivity (Wildman–Crippen MR) is 94.2 cm³/mol. The Hall–Kier alpha value is -3.14. The van der Waals surface area contributed by atoms with E-state index in [0.29, 0.717) is 17.9 Å². The third-order valence-corrected chi connectivity index (χ3v) is 3.56. The van der Waals surface area contributed by atoms with Gasteiger partial charge in [0.25, 0.3) is 5.91 Å². The van der Waals surface area contributed by atoms with Crippen molar-refractivity contribution < 1.29 is 9.32 Å². The number of amides is 1. The summed E-state index contributed by atoms with van der Waals surface area (Å²) >= 11 is 0. The summed E-state index contributed by atoms with van der Waals surface area (Å²) in [5, 5.41) is 6.81. The van der Waals surface area contributed by atoms with Gasteiger partial charge in [0.15, 0.2) is 5.76 Å². The number of hydrogen-bond donors (Lipinski definition) is 1. The van der Waals surface area contributed by atoms with Crippen molar-refractivity contribution in [3.8, 4) is 0 Å². The van der Waals surface area contributed by atoms with Crippen molar-refractivity contribution in [1.29, 1.82) is 0 Å². The molecule has 0 saturated heterocycles. The highest BCUT2D eigenvalue weighted by molar-refractivity contribution is 5.94. The first-order valence-electron chi connectivity index (χ1n) is 7.74. The SMILES string of the molecule is Cc1ccc(C(=O)NCc2cc(/C=C/c3ccccc3)no2)cc1. The lowest BCUT2D eigenvalue weighted by atomic mass is 10.1. The van der Waals surface area contributed by atoms with Crippen LogP contribution >= 0.6 is 0 Å². The number of benzene rings is 2. The zero-order valence-electron chi connectivity index (χ0n) is 13.4. The molecule has 4 nitrogen and oxygen atoms in total. The number of nitrogens with zero attached hydrogens (tertiary/aromatic N) is 1. The monoisotopic (exact) mass is 318 g/mol. The fourth-order valence-electron chi connectivity index (χ4n) is 2.21. The van der Waals surface area contributed by atoms with Crippen LogP contribution in [0.2, 0.25) is 0 Å². The Morgan fingerprint density at radius 2 is 1.83 bits per heavy atom. The molecule has 24 heavy (non-hydrogen) atoms. The van der Waals surface area contributed by atoms with Crippen LogP contribution in [-0.4, -0.2) is 11.1 Å². The van der Waals surface area contributed by atoms with Gasteiger partial charge in [-0.05, 0) is 30.7 Å². The van der Waals surface area contributed by atoms with Crippen LogP contribution in [0, 0.1) is 6.92 Å². The molecule has 3 rings (SSSR count). The third kappa shape index (κ3) is 4.20. The Kier molecular flexibility index (Phi) is 4.87. The lowest BCUT2D eigenvalue weighted by Crippen LogP contribution is -2.22. The van der Waals surface area contributed by atoms with Gasteiger partial charge in [0.05, 0.1) is 6.54 Å². The highest BCUT2D eigenvalue weighted by atomic mass is 16.5. The summed E-state index contributed by atoms with van der Waals surface area (Å²) in [6, 6.07) is 19.2. The molecule has 2 aromatic carbocycles. The molecule has 0 fully saturated rings. The first kappa shape index (κ1) is 15.7. The van der Waals surface area contributed by atoms with Crippen molar-refractivity contribution in [3.05, 3.63) is 88.8 Å². The van der Waals surface area contributed by atoms with E-state index in [0.717, 1.165) is 16.8 Å². The van der Waals surface area contributed by atoms with E-state index >= 15 is 0 Å². The highest BCUT2D eigenvalue weighted by Gasteiger charge is 2.07. The van der Waals surface area contributed by atoms with Crippen LogP contribution in [0.4, 0.5) is 0 Å². The molecule has 120 valence electrons. The quantitative estimate of drug-likeness (QED) is 0.771. The molecule has 0 saturated carbocycles. The summed E-state index contributed by atoms with van der Waals surface area (Å²) in [7, 11) is 0. The van der Waals surface area contributed by atoms with Crippen molar-refractivity contribution in [3.63, 3.8) is 0 Å². The van der Waals surface area contributed by atoms with Crippen LogP contribution in [0.15, 0.2) is 65.2 Å². The number of hydrogen-bond acceptors (Lipinski definition) is 3. The molecule has 0 aliphatic carbocycles. The molecule has 0 radical (unpaired) electrons. The van der Waals surface area contributed by atoms with E-state index < -0.39 is 0 Å². The van der Waals surface area contributed by atoms with Gasteiger partial charge in [0.2, 0.25) is 0 Å². The second-order valence-corrected chi connectivity index (χ2v) is 5.51. The Balaban J connectivity index is 1.57. The molecule has 0 bridgehead atoms. The van der Waals surface area contributed by atoms with E-state index in [1.54, 1.807) is 12.1 Å². The lowest BCUT2D eigenvalue weighted by molar-refractivity contribution is 0.0947. The van der Waals surface area contributed by atoms with Crippen LogP contribution in [0.1, 0.15) is 32.9 Å². The van der Waals surface area contributed by atoms with Gasteiger partial charge in [-0.15, -0.1) is 0 Å². The van der Waals surface area contributed by atoms with E-state index in [1.165, 1.54) is 0 Å². The molecule has 0 unspecified atom stereocenters. The Morgan fingerprint density at radius 1 is 1.08 bits per heavy atom. The van der Waals surface area contributed by atoms with E-state index in [2.05, 4.69) is 10.5 Å². The molecule has 0 spiro atoms. The lowest BCUT2D eigenvalue weighted by Gasteiger charge is -2.02. The van der Waals surface area contributed by atoms with Gasteiger partial charge in [-0.1, -0.05) is 59.3 Å². The molecular weight excluding hydrogens is 300 g/mol. The van der Waals surface area contributed by atoms with Crippen LogP contribution in [0.25, 0.3) is 12.2 Å². The summed E-state index contributed by atoms with van der Waals surface area (Å²) in [6.45, 7) is 2.29. The van der Waals surface area contributed by atoms with E-state index in [-0.39, 0.29) is 5.91 Å². The summed E-state index contributed by atoms with van der Waals surface area (Å²) in [6.07, 6.45) is 3.84. The van der Waals surface area contributed by atoms with Gasteiger partial charge in [0, 0.05) is 11.6 Å². The van der Waals surface area contributed by atoms with Gasteiger partial charge < -0.3 is 9.84 Å². The van der Waals surface area contributed by atoms with Crippen molar-refractivity contribution in [2.24, 2.45) is 0 Å². The Labute approximate surface area is 140 Å². The Bertz CT molecular complexity index is 834. The van der Waals surface area contributed by atoms with Crippen molar-refractivity contribution in [2.45, 2.75) is 13.5 Å². The summed E-state index contributed by atoms with van der Waals surface area (Å²) in [5.74, 6) is 0.482. The molecule has 0 aliphatic heterocycles. The molecule has 0 aliphatic rings. The number of carbonyl (C=O) groups is 1. The van der Waals surface area contributed by atoms with Crippen molar-refractivity contribution in [1.82, 2.24) is 10.5 Å². The van der Waals surface area contributed by atoms with Crippen LogP contribution in [-0.2, 0) is 6.54 Å². The van der Waals surface area contributed by atoms with Gasteiger partial charge in [0.1, 0.15) is 5.69 Å².